The van der Waals surface area contributed by atoms with Crippen LogP contribution in [0.2, 0.25) is 0 Å². The summed E-state index contributed by atoms with van der Waals surface area (Å²) in [6.45, 7) is -0.0303. The highest BCUT2D eigenvalue weighted by atomic mass is 127. The Bertz CT molecular complexity index is 312. The van der Waals surface area contributed by atoms with Gasteiger partial charge in [-0.2, -0.15) is 0 Å². The zero-order chi connectivity index (χ0) is 10.6. The Balaban J connectivity index is 2.46. The van der Waals surface area contributed by atoms with E-state index < -0.39 is 11.3 Å². The number of rotatable bonds is 4. The van der Waals surface area contributed by atoms with Crippen LogP contribution >= 0.6 is 34.2 Å². The fraction of sp³-hybridized carbons (Fsp3) is 0.222. The first-order chi connectivity index (χ1) is 6.59. The summed E-state index contributed by atoms with van der Waals surface area (Å²) in [5.41, 5.74) is 0. The summed E-state index contributed by atoms with van der Waals surface area (Å²) in [7, 11) is 0. The molecule has 0 aliphatic rings. The third-order valence-electron chi connectivity index (χ3n) is 1.48. The molecule has 0 saturated carbocycles. The van der Waals surface area contributed by atoms with E-state index in [1.807, 2.05) is 12.1 Å². The van der Waals surface area contributed by atoms with Crippen LogP contribution in [0.1, 0.15) is 0 Å². The zero-order valence-electron chi connectivity index (χ0n) is 7.11. The standard InChI is InChI=1S/C9H8ClIO3/c10-8(9(12)13)5-14-7-3-1-6(11)2-4-7/h1-4,8H,5H2,(H,12,13). The van der Waals surface area contributed by atoms with Crippen molar-refractivity contribution in [2.45, 2.75) is 5.38 Å². The maximum absolute atomic E-state index is 10.4. The molecule has 0 aliphatic carbocycles. The highest BCUT2D eigenvalue weighted by molar-refractivity contribution is 14.1. The normalized spacial score (nSPS) is 12.1. The predicted octanol–water partition coefficient (Wildman–Crippen LogP) is 2.36. The Hall–Kier alpha value is -0.490. The SMILES string of the molecule is O=C(O)C(Cl)COc1ccc(I)cc1. The number of carbonyl (C=O) groups is 1. The van der Waals surface area contributed by atoms with Crippen LogP contribution in [0, 0.1) is 3.57 Å². The number of ether oxygens (including phenoxy) is 1. The number of halogens is 2. The second-order valence-corrected chi connectivity index (χ2v) is 4.34. The average Bonchev–Trinajstić information content (AvgIpc) is 2.16. The van der Waals surface area contributed by atoms with Crippen molar-refractivity contribution < 1.29 is 14.6 Å². The van der Waals surface area contributed by atoms with Crippen LogP contribution in [-0.4, -0.2) is 23.1 Å². The molecule has 1 unspecified atom stereocenters. The molecule has 0 bridgehead atoms. The molecule has 1 N–H and O–H groups in total. The second kappa shape index (κ2) is 5.41. The van der Waals surface area contributed by atoms with Crippen molar-refractivity contribution in [3.63, 3.8) is 0 Å². The predicted molar refractivity (Wildman–Crippen MR) is 61.9 cm³/mol. The maximum atomic E-state index is 10.4. The third-order valence-corrected chi connectivity index (χ3v) is 2.51. The highest BCUT2D eigenvalue weighted by Crippen LogP contribution is 2.14. The molecule has 14 heavy (non-hydrogen) atoms. The number of carboxylic acid groups (broad SMARTS) is 1. The zero-order valence-corrected chi connectivity index (χ0v) is 10.0. The molecule has 0 amide bonds. The molecule has 0 radical (unpaired) electrons. The summed E-state index contributed by atoms with van der Waals surface area (Å²) < 4.78 is 6.26. The van der Waals surface area contributed by atoms with Crippen LogP contribution in [-0.2, 0) is 4.79 Å². The first-order valence-electron chi connectivity index (χ1n) is 3.85. The van der Waals surface area contributed by atoms with Crippen molar-refractivity contribution in [1.82, 2.24) is 0 Å². The topological polar surface area (TPSA) is 46.5 Å². The van der Waals surface area contributed by atoms with E-state index in [0.29, 0.717) is 5.75 Å². The maximum Gasteiger partial charge on any atom is 0.325 e. The van der Waals surface area contributed by atoms with Gasteiger partial charge in [-0.05, 0) is 46.9 Å². The lowest BCUT2D eigenvalue weighted by molar-refractivity contribution is -0.137. The fourth-order valence-corrected chi connectivity index (χ4v) is 1.19. The molecular formula is C9H8ClIO3. The molecule has 1 atom stereocenters. The Labute approximate surface area is 100 Å². The Morgan fingerprint density at radius 2 is 2.07 bits per heavy atom. The number of hydrogen-bond acceptors (Lipinski definition) is 2. The van der Waals surface area contributed by atoms with E-state index in [0.717, 1.165) is 3.57 Å². The van der Waals surface area contributed by atoms with Crippen molar-refractivity contribution in [2.24, 2.45) is 0 Å². The summed E-state index contributed by atoms with van der Waals surface area (Å²) in [6.07, 6.45) is 0. The lowest BCUT2D eigenvalue weighted by Gasteiger charge is -2.07. The quantitative estimate of drug-likeness (QED) is 0.682. The fourth-order valence-electron chi connectivity index (χ4n) is 0.771. The first-order valence-corrected chi connectivity index (χ1v) is 5.36. The Kier molecular flexibility index (Phi) is 4.47. The molecule has 0 saturated heterocycles. The van der Waals surface area contributed by atoms with Crippen molar-refractivity contribution in [2.75, 3.05) is 6.61 Å². The molecule has 0 aliphatic heterocycles. The van der Waals surface area contributed by atoms with Gasteiger partial charge in [-0.15, -0.1) is 11.6 Å². The smallest absolute Gasteiger partial charge is 0.325 e. The van der Waals surface area contributed by atoms with E-state index in [1.54, 1.807) is 12.1 Å². The van der Waals surface area contributed by atoms with Crippen LogP contribution < -0.4 is 4.74 Å². The van der Waals surface area contributed by atoms with Gasteiger partial charge in [-0.3, -0.25) is 4.79 Å². The molecule has 5 heteroatoms. The van der Waals surface area contributed by atoms with Crippen LogP contribution in [0.4, 0.5) is 0 Å². The number of aliphatic carboxylic acids is 1. The Morgan fingerprint density at radius 1 is 1.50 bits per heavy atom. The number of benzene rings is 1. The van der Waals surface area contributed by atoms with Gasteiger partial charge in [0.25, 0.3) is 0 Å². The number of carboxylic acids is 1. The van der Waals surface area contributed by atoms with Gasteiger partial charge in [0.1, 0.15) is 12.4 Å². The van der Waals surface area contributed by atoms with Crippen molar-refractivity contribution in [3.8, 4) is 5.75 Å². The van der Waals surface area contributed by atoms with Crippen LogP contribution in [0.5, 0.6) is 5.75 Å². The molecule has 76 valence electrons. The molecule has 3 nitrogen and oxygen atoms in total. The summed E-state index contributed by atoms with van der Waals surface area (Å²) in [5, 5.41) is 7.49. The van der Waals surface area contributed by atoms with Crippen molar-refractivity contribution in [1.29, 1.82) is 0 Å². The minimum Gasteiger partial charge on any atom is -0.491 e. The number of hydrogen-bond donors (Lipinski definition) is 1. The molecule has 0 aromatic heterocycles. The van der Waals surface area contributed by atoms with Gasteiger partial charge in [0.15, 0.2) is 5.38 Å². The van der Waals surface area contributed by atoms with Gasteiger partial charge in [0.2, 0.25) is 0 Å². The molecule has 0 spiro atoms. The minimum atomic E-state index is -1.07. The van der Waals surface area contributed by atoms with E-state index >= 15 is 0 Å². The van der Waals surface area contributed by atoms with E-state index in [-0.39, 0.29) is 6.61 Å². The monoisotopic (exact) mass is 326 g/mol. The van der Waals surface area contributed by atoms with Crippen LogP contribution in [0.15, 0.2) is 24.3 Å². The molecule has 1 rings (SSSR count). The summed E-state index contributed by atoms with van der Waals surface area (Å²) in [6, 6.07) is 7.29. The number of alkyl halides is 1. The van der Waals surface area contributed by atoms with Crippen molar-refractivity contribution >= 4 is 40.2 Å². The Morgan fingerprint density at radius 3 is 2.57 bits per heavy atom. The molecule has 1 aromatic carbocycles. The van der Waals surface area contributed by atoms with Gasteiger partial charge in [0, 0.05) is 3.57 Å². The van der Waals surface area contributed by atoms with Gasteiger partial charge in [-0.25, -0.2) is 0 Å². The third kappa shape index (κ3) is 3.71. The molecule has 0 fully saturated rings. The van der Waals surface area contributed by atoms with Crippen molar-refractivity contribution in [3.05, 3.63) is 27.8 Å². The summed E-state index contributed by atoms with van der Waals surface area (Å²) >= 11 is 7.64. The summed E-state index contributed by atoms with van der Waals surface area (Å²) in [4.78, 5) is 10.4. The lowest BCUT2D eigenvalue weighted by Crippen LogP contribution is -2.21. The van der Waals surface area contributed by atoms with Crippen LogP contribution in [0.25, 0.3) is 0 Å². The lowest BCUT2D eigenvalue weighted by atomic mass is 10.3. The minimum absolute atomic E-state index is 0.0303. The van der Waals surface area contributed by atoms with Crippen LogP contribution in [0.3, 0.4) is 0 Å². The van der Waals surface area contributed by atoms with E-state index in [9.17, 15) is 4.79 Å². The van der Waals surface area contributed by atoms with Gasteiger partial charge < -0.3 is 9.84 Å². The van der Waals surface area contributed by atoms with E-state index in [2.05, 4.69) is 22.6 Å². The average molecular weight is 327 g/mol. The largest absolute Gasteiger partial charge is 0.491 e. The molecular weight excluding hydrogens is 318 g/mol. The molecule has 1 aromatic rings. The van der Waals surface area contributed by atoms with E-state index in [4.69, 9.17) is 21.4 Å². The van der Waals surface area contributed by atoms with Gasteiger partial charge in [0.05, 0.1) is 0 Å². The summed E-state index contributed by atoms with van der Waals surface area (Å²) in [5.74, 6) is -0.450. The first kappa shape index (κ1) is 11.6. The van der Waals surface area contributed by atoms with Gasteiger partial charge >= 0.3 is 5.97 Å². The second-order valence-electron chi connectivity index (χ2n) is 2.57. The highest BCUT2D eigenvalue weighted by Gasteiger charge is 2.13. The molecule has 0 heterocycles. The van der Waals surface area contributed by atoms with E-state index in [1.165, 1.54) is 0 Å². The van der Waals surface area contributed by atoms with Gasteiger partial charge in [-0.1, -0.05) is 0 Å².